The van der Waals surface area contributed by atoms with Crippen molar-refractivity contribution in [3.63, 3.8) is 0 Å². The summed E-state index contributed by atoms with van der Waals surface area (Å²) in [7, 11) is 1.31. The number of aromatic nitrogens is 4. The minimum Gasteiger partial charge on any atom is -0.414 e. The Kier molecular flexibility index (Phi) is 3.88. The van der Waals surface area contributed by atoms with Gasteiger partial charge in [-0.2, -0.15) is 0 Å². The Balaban J connectivity index is 1.65. The van der Waals surface area contributed by atoms with Gasteiger partial charge in [0.2, 0.25) is 12.1 Å². The lowest BCUT2D eigenvalue weighted by Gasteiger charge is -2.00. The van der Waals surface area contributed by atoms with Gasteiger partial charge in [0.15, 0.2) is 5.01 Å². The summed E-state index contributed by atoms with van der Waals surface area (Å²) >= 11 is 1.19. The van der Waals surface area contributed by atoms with Gasteiger partial charge in [-0.25, -0.2) is 4.98 Å². The summed E-state index contributed by atoms with van der Waals surface area (Å²) in [5, 5.41) is 19.8. The van der Waals surface area contributed by atoms with Gasteiger partial charge in [0.1, 0.15) is 5.69 Å². The first-order valence-electron chi connectivity index (χ1n) is 7.28. The van der Waals surface area contributed by atoms with Crippen LogP contribution in [0.4, 0.5) is 0 Å². The summed E-state index contributed by atoms with van der Waals surface area (Å²) in [5.41, 5.74) is 1.81. The van der Waals surface area contributed by atoms with Crippen molar-refractivity contribution >= 4 is 28.0 Å². The van der Waals surface area contributed by atoms with E-state index in [-0.39, 0.29) is 17.6 Å². The normalized spacial score (nSPS) is 12.6. The molecule has 25 heavy (non-hydrogen) atoms. The number of thiazole rings is 1. The third kappa shape index (κ3) is 2.74. The van der Waals surface area contributed by atoms with E-state index in [1.165, 1.54) is 18.4 Å². The first-order valence-corrected chi connectivity index (χ1v) is 8.16. The van der Waals surface area contributed by atoms with E-state index in [1.54, 1.807) is 11.6 Å². The monoisotopic (exact) mass is 356 g/mol. The van der Waals surface area contributed by atoms with Crippen LogP contribution < -0.4 is 0 Å². The summed E-state index contributed by atoms with van der Waals surface area (Å²) in [5.74, 6) is -0.152. The van der Waals surface area contributed by atoms with E-state index in [0.29, 0.717) is 16.3 Å². The zero-order valence-electron chi connectivity index (χ0n) is 13.0. The van der Waals surface area contributed by atoms with E-state index in [2.05, 4.69) is 20.2 Å². The number of aliphatic hydroxyl groups excluding tert-OH is 1. The Hall–Kier alpha value is -2.88. The van der Waals surface area contributed by atoms with Crippen LogP contribution in [0.2, 0.25) is 0 Å². The second-order valence-corrected chi connectivity index (χ2v) is 6.01. The lowest BCUT2D eigenvalue weighted by atomic mass is 10.1. The molecule has 0 spiro atoms. The second kappa shape index (κ2) is 6.20. The Bertz CT molecular complexity index is 1050. The molecule has 0 radical (unpaired) electrons. The number of carbonyl (C=O) groups is 1. The molecule has 0 saturated heterocycles. The van der Waals surface area contributed by atoms with E-state index >= 15 is 0 Å². The quantitative estimate of drug-likeness (QED) is 0.417. The van der Waals surface area contributed by atoms with Crippen LogP contribution in [-0.4, -0.2) is 38.2 Å². The van der Waals surface area contributed by atoms with Crippen molar-refractivity contribution in [1.29, 1.82) is 0 Å². The molecule has 0 bridgehead atoms. The number of fused-ring (bicyclic) bond motifs is 1. The summed E-state index contributed by atoms with van der Waals surface area (Å²) in [6.07, 6.45) is 0.376. The van der Waals surface area contributed by atoms with Crippen molar-refractivity contribution in [2.24, 2.45) is 0 Å². The van der Waals surface area contributed by atoms with Gasteiger partial charge in [0.25, 0.3) is 11.8 Å². The predicted molar refractivity (Wildman–Crippen MR) is 89.1 cm³/mol. The number of H-pyrrole nitrogens is 1. The predicted octanol–water partition coefficient (Wildman–Crippen LogP) is 2.54. The molecule has 9 heteroatoms. The van der Waals surface area contributed by atoms with Gasteiger partial charge < -0.3 is 19.2 Å². The summed E-state index contributed by atoms with van der Waals surface area (Å²) < 4.78 is 10.0. The van der Waals surface area contributed by atoms with E-state index < -0.39 is 6.29 Å². The average molecular weight is 356 g/mol. The fraction of sp³-hybridized carbons (Fsp3) is 0.125. The number of hydrogen-bond acceptors (Lipinski definition) is 8. The van der Waals surface area contributed by atoms with Crippen molar-refractivity contribution in [3.05, 3.63) is 52.3 Å². The molecule has 3 heterocycles. The number of nitrogens with one attached hydrogen (secondary N) is 1. The van der Waals surface area contributed by atoms with Crippen LogP contribution >= 0.6 is 11.3 Å². The number of benzene rings is 1. The Morgan fingerprint density at radius 3 is 3.04 bits per heavy atom. The highest BCUT2D eigenvalue weighted by Gasteiger charge is 2.21. The van der Waals surface area contributed by atoms with Gasteiger partial charge in [-0.15, -0.1) is 21.5 Å². The molecule has 0 aliphatic rings. The molecular weight excluding hydrogens is 344 g/mol. The number of aromatic amines is 1. The molecule has 126 valence electrons. The molecule has 0 amide bonds. The number of nitrogens with zero attached hydrogens (tertiary/aromatic N) is 3. The Morgan fingerprint density at radius 1 is 1.36 bits per heavy atom. The minimum absolute atomic E-state index is 0.0741. The molecule has 0 aliphatic carbocycles. The largest absolute Gasteiger partial charge is 0.414 e. The van der Waals surface area contributed by atoms with E-state index in [9.17, 15) is 9.90 Å². The minimum atomic E-state index is -1.30. The number of methoxy groups -OCH3 is 1. The summed E-state index contributed by atoms with van der Waals surface area (Å²) in [6.45, 7) is 0. The SMILES string of the molecule is COC(O)c1nnc(-c2csc(C(=O)c3c[nH]c4ccccc34)n2)o1. The number of rotatable bonds is 5. The van der Waals surface area contributed by atoms with E-state index in [0.717, 1.165) is 10.9 Å². The van der Waals surface area contributed by atoms with Crippen molar-refractivity contribution in [3.8, 4) is 11.6 Å². The highest BCUT2D eigenvalue weighted by molar-refractivity contribution is 7.12. The topological polar surface area (TPSA) is 114 Å². The second-order valence-electron chi connectivity index (χ2n) is 5.15. The molecule has 1 aromatic carbocycles. The van der Waals surface area contributed by atoms with E-state index in [1.807, 2.05) is 24.3 Å². The van der Waals surface area contributed by atoms with Crippen molar-refractivity contribution in [1.82, 2.24) is 20.2 Å². The number of carbonyl (C=O) groups excluding carboxylic acids is 1. The maximum Gasteiger partial charge on any atom is 0.273 e. The molecule has 4 rings (SSSR count). The first-order chi connectivity index (χ1) is 12.2. The maximum atomic E-state index is 12.7. The van der Waals surface area contributed by atoms with Gasteiger partial charge >= 0.3 is 0 Å². The molecule has 0 fully saturated rings. The molecule has 8 nitrogen and oxygen atoms in total. The molecule has 3 aromatic heterocycles. The van der Waals surface area contributed by atoms with Crippen LogP contribution in [0.1, 0.15) is 27.5 Å². The highest BCUT2D eigenvalue weighted by Crippen LogP contribution is 2.26. The molecule has 2 N–H and O–H groups in total. The van der Waals surface area contributed by atoms with Crippen LogP contribution in [0.5, 0.6) is 0 Å². The number of ketones is 1. The van der Waals surface area contributed by atoms with Gasteiger partial charge in [0.05, 0.1) is 5.56 Å². The van der Waals surface area contributed by atoms with Gasteiger partial charge in [-0.05, 0) is 6.07 Å². The summed E-state index contributed by atoms with van der Waals surface area (Å²) in [6, 6.07) is 7.56. The van der Waals surface area contributed by atoms with Crippen LogP contribution in [0.15, 0.2) is 40.3 Å². The number of para-hydroxylation sites is 1. The van der Waals surface area contributed by atoms with Gasteiger partial charge in [-0.1, -0.05) is 18.2 Å². The average Bonchev–Trinajstić information content (AvgIpc) is 3.38. The van der Waals surface area contributed by atoms with Crippen LogP contribution in [-0.2, 0) is 4.74 Å². The number of ether oxygens (including phenoxy) is 1. The smallest absolute Gasteiger partial charge is 0.273 e. The van der Waals surface area contributed by atoms with Crippen molar-refractivity contribution in [2.75, 3.05) is 7.11 Å². The van der Waals surface area contributed by atoms with Gasteiger partial charge in [0, 0.05) is 29.6 Å². The molecule has 4 aromatic rings. The third-order valence-electron chi connectivity index (χ3n) is 3.63. The standard InChI is InChI=1S/C16H12N4O4S/c1-23-16(22)14-20-19-13(24-14)11-7-25-15(18-11)12(21)9-6-17-10-5-3-2-4-8(9)10/h2-7,16-17,22H,1H3. The number of hydrogen-bond donors (Lipinski definition) is 2. The molecule has 1 unspecified atom stereocenters. The number of aliphatic hydroxyl groups is 1. The fourth-order valence-corrected chi connectivity index (χ4v) is 3.13. The van der Waals surface area contributed by atoms with Crippen LogP contribution in [0.3, 0.4) is 0 Å². The zero-order valence-corrected chi connectivity index (χ0v) is 13.8. The molecule has 0 aliphatic heterocycles. The van der Waals surface area contributed by atoms with Crippen molar-refractivity contribution in [2.45, 2.75) is 6.29 Å². The zero-order chi connectivity index (χ0) is 17.4. The molecule has 1 atom stereocenters. The summed E-state index contributed by atoms with van der Waals surface area (Å²) in [4.78, 5) is 20.1. The Labute approximate surface area is 145 Å². The van der Waals surface area contributed by atoms with Gasteiger partial charge in [-0.3, -0.25) is 4.79 Å². The maximum absolute atomic E-state index is 12.7. The molecule has 0 saturated carbocycles. The lowest BCUT2D eigenvalue weighted by molar-refractivity contribution is -0.0936. The Morgan fingerprint density at radius 2 is 2.20 bits per heavy atom. The fourth-order valence-electron chi connectivity index (χ4n) is 2.39. The van der Waals surface area contributed by atoms with Crippen molar-refractivity contribution < 1.29 is 19.1 Å². The first kappa shape index (κ1) is 15.6. The van der Waals surface area contributed by atoms with E-state index in [4.69, 9.17) is 9.15 Å². The molecular formula is C16H12N4O4S. The highest BCUT2D eigenvalue weighted by atomic mass is 32.1. The van der Waals surface area contributed by atoms with Crippen LogP contribution in [0, 0.1) is 0 Å². The third-order valence-corrected chi connectivity index (χ3v) is 4.47. The lowest BCUT2D eigenvalue weighted by Crippen LogP contribution is -1.99. The van der Waals surface area contributed by atoms with Crippen LogP contribution in [0.25, 0.3) is 22.5 Å².